The standard InChI is InChI=1S/C25H21ClN6O2/c1-2-31-16-28-23-22(31)24(33)30-25(32(23)15-17-6-8-18(26)9-7-17)29-19-10-12-20(13-11-19)34-21-5-3-4-14-27-21/h3-14,16H,2,15H2,1H3,(H,29,30,33). The van der Waals surface area contributed by atoms with Gasteiger partial charge in [-0.15, -0.1) is 0 Å². The number of aryl methyl sites for hydroxylation is 1. The number of nitrogens with zero attached hydrogens (tertiary/aromatic N) is 5. The van der Waals surface area contributed by atoms with Gasteiger partial charge in [0.2, 0.25) is 11.8 Å². The van der Waals surface area contributed by atoms with E-state index in [4.69, 9.17) is 16.3 Å². The molecule has 0 saturated heterocycles. The minimum absolute atomic E-state index is 0.334. The van der Waals surface area contributed by atoms with Gasteiger partial charge in [0.25, 0.3) is 0 Å². The second-order valence-electron chi connectivity index (χ2n) is 7.58. The summed E-state index contributed by atoms with van der Waals surface area (Å²) in [5, 5.41) is 3.92. The fraction of sp³-hybridized carbons (Fsp3) is 0.120. The summed E-state index contributed by atoms with van der Waals surface area (Å²) in [6, 6.07) is 20.4. The molecule has 34 heavy (non-hydrogen) atoms. The molecule has 0 saturated carbocycles. The summed E-state index contributed by atoms with van der Waals surface area (Å²) < 4.78 is 9.45. The van der Waals surface area contributed by atoms with E-state index in [1.807, 2.05) is 72.2 Å². The van der Waals surface area contributed by atoms with Crippen LogP contribution in [0.15, 0.2) is 84.0 Å². The second-order valence-corrected chi connectivity index (χ2v) is 8.01. The highest BCUT2D eigenvalue weighted by molar-refractivity contribution is 6.30. The first-order valence-corrected chi connectivity index (χ1v) is 11.1. The molecule has 0 bridgehead atoms. The molecule has 0 unspecified atom stereocenters. The quantitative estimate of drug-likeness (QED) is 0.348. The molecule has 0 atom stereocenters. The Hall–Kier alpha value is -4.17. The molecule has 5 aromatic rings. The molecule has 0 aliphatic carbocycles. The molecule has 0 amide bonds. The maximum absolute atomic E-state index is 12.9. The molecule has 9 heteroatoms. The molecule has 3 heterocycles. The van der Waals surface area contributed by atoms with E-state index in [1.165, 1.54) is 0 Å². The molecule has 0 fully saturated rings. The van der Waals surface area contributed by atoms with E-state index in [1.54, 1.807) is 23.2 Å². The van der Waals surface area contributed by atoms with E-state index < -0.39 is 0 Å². The zero-order chi connectivity index (χ0) is 23.5. The van der Waals surface area contributed by atoms with Crippen LogP contribution in [0.4, 0.5) is 11.6 Å². The molecule has 5 rings (SSSR count). The van der Waals surface area contributed by atoms with Crippen molar-refractivity contribution in [2.24, 2.45) is 0 Å². The number of halogens is 1. The summed E-state index contributed by atoms with van der Waals surface area (Å²) in [6.45, 7) is 3.05. The van der Waals surface area contributed by atoms with Gasteiger partial charge in [0, 0.05) is 29.5 Å². The topological polar surface area (TPSA) is 86.9 Å². The summed E-state index contributed by atoms with van der Waals surface area (Å²) in [5.74, 6) is 1.55. The van der Waals surface area contributed by atoms with Crippen LogP contribution in [0.3, 0.4) is 0 Å². The number of rotatable bonds is 7. The lowest BCUT2D eigenvalue weighted by Crippen LogP contribution is -2.20. The van der Waals surface area contributed by atoms with Gasteiger partial charge in [-0.3, -0.25) is 9.36 Å². The van der Waals surface area contributed by atoms with E-state index >= 15 is 0 Å². The number of aromatic nitrogens is 5. The molecule has 0 aliphatic rings. The number of fused-ring (bicyclic) bond motifs is 1. The Labute approximate surface area is 200 Å². The number of anilines is 2. The fourth-order valence-corrected chi connectivity index (χ4v) is 3.74. The first kappa shape index (κ1) is 21.7. The number of nitrogens with one attached hydrogen (secondary N) is 1. The van der Waals surface area contributed by atoms with Crippen molar-refractivity contribution in [3.05, 3.63) is 100 Å². The number of hydrogen-bond donors (Lipinski definition) is 1. The first-order chi connectivity index (χ1) is 16.6. The number of imidazole rings is 1. The van der Waals surface area contributed by atoms with E-state index in [-0.39, 0.29) is 5.56 Å². The normalized spacial score (nSPS) is 11.0. The number of ether oxygens (including phenoxy) is 1. The summed E-state index contributed by atoms with van der Waals surface area (Å²) in [5.41, 5.74) is 2.46. The van der Waals surface area contributed by atoms with Gasteiger partial charge in [0.15, 0.2) is 11.2 Å². The van der Waals surface area contributed by atoms with Crippen molar-refractivity contribution < 1.29 is 4.74 Å². The minimum Gasteiger partial charge on any atom is -0.439 e. The van der Waals surface area contributed by atoms with Gasteiger partial charge < -0.3 is 14.6 Å². The predicted molar refractivity (Wildman–Crippen MR) is 132 cm³/mol. The Kier molecular flexibility index (Phi) is 5.97. The second kappa shape index (κ2) is 9.36. The zero-order valence-electron chi connectivity index (χ0n) is 18.4. The third kappa shape index (κ3) is 4.49. The average molecular weight is 473 g/mol. The van der Waals surface area contributed by atoms with Gasteiger partial charge >= 0.3 is 5.56 Å². The lowest BCUT2D eigenvalue weighted by Gasteiger charge is -2.15. The Morgan fingerprint density at radius 1 is 1.00 bits per heavy atom. The van der Waals surface area contributed by atoms with Crippen molar-refractivity contribution in [3.63, 3.8) is 0 Å². The molecule has 0 aliphatic heterocycles. The number of pyridine rings is 1. The highest BCUT2D eigenvalue weighted by atomic mass is 35.5. The van der Waals surface area contributed by atoms with E-state index in [2.05, 4.69) is 20.3 Å². The largest absolute Gasteiger partial charge is 0.439 e. The summed E-state index contributed by atoms with van der Waals surface area (Å²) in [6.07, 6.45) is 3.34. The first-order valence-electron chi connectivity index (χ1n) is 10.8. The maximum Gasteiger partial charge on any atom is 0.300 e. The average Bonchev–Trinajstić information content (AvgIpc) is 3.30. The van der Waals surface area contributed by atoms with Crippen LogP contribution in [0.25, 0.3) is 11.2 Å². The van der Waals surface area contributed by atoms with Gasteiger partial charge in [-0.1, -0.05) is 29.8 Å². The molecule has 0 spiro atoms. The zero-order valence-corrected chi connectivity index (χ0v) is 19.1. The SMILES string of the molecule is CCn1cnc2c1c(=O)nc(Nc1ccc(Oc3ccccn3)cc1)n2Cc1ccc(Cl)cc1. The van der Waals surface area contributed by atoms with Crippen molar-refractivity contribution in [3.8, 4) is 11.6 Å². The predicted octanol–water partition coefficient (Wildman–Crippen LogP) is 5.25. The summed E-state index contributed by atoms with van der Waals surface area (Å²) in [7, 11) is 0. The van der Waals surface area contributed by atoms with Crippen LogP contribution < -0.4 is 15.6 Å². The molecule has 8 nitrogen and oxygen atoms in total. The molecule has 3 aromatic heterocycles. The molecular weight excluding hydrogens is 452 g/mol. The minimum atomic E-state index is -0.334. The third-order valence-electron chi connectivity index (χ3n) is 5.31. The van der Waals surface area contributed by atoms with Crippen LogP contribution in [0.5, 0.6) is 11.6 Å². The molecule has 170 valence electrons. The van der Waals surface area contributed by atoms with Crippen molar-refractivity contribution in [2.45, 2.75) is 20.0 Å². The highest BCUT2D eigenvalue weighted by Crippen LogP contribution is 2.24. The van der Waals surface area contributed by atoms with Crippen molar-refractivity contribution in [1.82, 2.24) is 24.1 Å². The van der Waals surface area contributed by atoms with Gasteiger partial charge in [-0.2, -0.15) is 4.98 Å². The van der Waals surface area contributed by atoms with Crippen molar-refractivity contribution in [1.29, 1.82) is 0 Å². The number of hydrogen-bond acceptors (Lipinski definition) is 6. The molecule has 1 N–H and O–H groups in total. The lowest BCUT2D eigenvalue weighted by molar-refractivity contribution is 0.463. The fourth-order valence-electron chi connectivity index (χ4n) is 3.62. The van der Waals surface area contributed by atoms with Gasteiger partial charge in [-0.05, 0) is 55.0 Å². The summed E-state index contributed by atoms with van der Waals surface area (Å²) >= 11 is 6.05. The Bertz CT molecular complexity index is 1480. The van der Waals surface area contributed by atoms with Crippen LogP contribution in [0, 0.1) is 0 Å². The maximum atomic E-state index is 12.9. The third-order valence-corrected chi connectivity index (χ3v) is 5.56. The molecule has 0 radical (unpaired) electrons. The van der Waals surface area contributed by atoms with E-state index in [9.17, 15) is 4.79 Å². The van der Waals surface area contributed by atoms with Crippen LogP contribution >= 0.6 is 11.6 Å². The monoisotopic (exact) mass is 472 g/mol. The van der Waals surface area contributed by atoms with Crippen LogP contribution in [0.2, 0.25) is 5.02 Å². The van der Waals surface area contributed by atoms with E-state index in [0.29, 0.717) is 46.9 Å². The molecule has 2 aromatic carbocycles. The summed E-state index contributed by atoms with van der Waals surface area (Å²) in [4.78, 5) is 25.9. The Balaban J connectivity index is 1.49. The van der Waals surface area contributed by atoms with Gasteiger partial charge in [-0.25, -0.2) is 9.97 Å². The van der Waals surface area contributed by atoms with Crippen LogP contribution in [-0.4, -0.2) is 24.1 Å². The number of benzene rings is 2. The lowest BCUT2D eigenvalue weighted by atomic mass is 10.2. The van der Waals surface area contributed by atoms with Crippen LogP contribution in [0.1, 0.15) is 12.5 Å². The van der Waals surface area contributed by atoms with Crippen molar-refractivity contribution >= 4 is 34.4 Å². The van der Waals surface area contributed by atoms with Gasteiger partial charge in [0.1, 0.15) is 5.75 Å². The smallest absolute Gasteiger partial charge is 0.300 e. The highest BCUT2D eigenvalue weighted by Gasteiger charge is 2.16. The van der Waals surface area contributed by atoms with Crippen LogP contribution in [-0.2, 0) is 13.1 Å². The van der Waals surface area contributed by atoms with Crippen molar-refractivity contribution in [2.75, 3.05) is 5.32 Å². The molecular formula is C25H21ClN6O2. The van der Waals surface area contributed by atoms with Gasteiger partial charge in [0.05, 0.1) is 12.9 Å². The Morgan fingerprint density at radius 2 is 1.79 bits per heavy atom. The van der Waals surface area contributed by atoms with E-state index in [0.717, 1.165) is 11.3 Å². The Morgan fingerprint density at radius 3 is 2.50 bits per heavy atom.